The molecule has 7 nitrogen and oxygen atoms in total. The number of benzene rings is 2. The van der Waals surface area contributed by atoms with Crippen LogP contribution in [-0.2, 0) is 12.3 Å². The lowest BCUT2D eigenvalue weighted by Gasteiger charge is -2.08. The molecule has 1 heterocycles. The highest BCUT2D eigenvalue weighted by Crippen LogP contribution is 2.24. The molecule has 0 aliphatic heterocycles. The number of thioether (sulfide) groups is 1. The molecule has 3 rings (SSSR count). The Morgan fingerprint density at radius 3 is 2.48 bits per heavy atom. The molecule has 2 amide bonds. The molecule has 3 N–H and O–H groups in total. The smallest absolute Gasteiger partial charge is 0.275 e. The van der Waals surface area contributed by atoms with Crippen molar-refractivity contribution in [1.29, 1.82) is 0 Å². The van der Waals surface area contributed by atoms with Crippen LogP contribution >= 0.6 is 11.8 Å². The number of nitrogens with one attached hydrogen (secondary N) is 1. The van der Waals surface area contributed by atoms with Gasteiger partial charge in [0.05, 0.1) is 6.54 Å². The summed E-state index contributed by atoms with van der Waals surface area (Å²) in [7, 11) is 0. The molecule has 0 bridgehead atoms. The van der Waals surface area contributed by atoms with Gasteiger partial charge in [-0.05, 0) is 48.5 Å². The van der Waals surface area contributed by atoms with Gasteiger partial charge in [-0.15, -0.1) is 23.4 Å². The number of amides is 2. The molecule has 0 aliphatic carbocycles. The third kappa shape index (κ3) is 5.08. The summed E-state index contributed by atoms with van der Waals surface area (Å²) in [5.41, 5.74) is 6.87. The summed E-state index contributed by atoms with van der Waals surface area (Å²) in [6.07, 6.45) is 1.62. The lowest BCUT2D eigenvalue weighted by Crippen LogP contribution is -2.19. The summed E-state index contributed by atoms with van der Waals surface area (Å²) >= 11 is 1.42. The van der Waals surface area contributed by atoms with E-state index in [1.165, 1.54) is 40.7 Å². The van der Waals surface area contributed by atoms with Crippen molar-refractivity contribution in [3.63, 3.8) is 0 Å². The summed E-state index contributed by atoms with van der Waals surface area (Å²) in [4.78, 5) is 24.9. The fraction of sp³-hybridized carbons (Fsp3) is 0.100. The van der Waals surface area contributed by atoms with Crippen molar-refractivity contribution in [2.45, 2.75) is 17.2 Å². The Balaban J connectivity index is 1.79. The summed E-state index contributed by atoms with van der Waals surface area (Å²) < 4.78 is 14.5. The van der Waals surface area contributed by atoms with Crippen molar-refractivity contribution < 1.29 is 14.0 Å². The van der Waals surface area contributed by atoms with Crippen molar-refractivity contribution in [3.05, 3.63) is 84.0 Å². The number of carbonyl (C=O) groups excluding carboxylic acids is 2. The summed E-state index contributed by atoms with van der Waals surface area (Å²) in [6, 6.07) is 12.3. The van der Waals surface area contributed by atoms with Gasteiger partial charge in [0.2, 0.25) is 5.91 Å². The molecule has 0 atom stereocenters. The van der Waals surface area contributed by atoms with Gasteiger partial charge in [-0.3, -0.25) is 9.59 Å². The molecular weight excluding hydrogens is 393 g/mol. The van der Waals surface area contributed by atoms with E-state index in [0.717, 1.165) is 4.90 Å². The quantitative estimate of drug-likeness (QED) is 0.438. The van der Waals surface area contributed by atoms with E-state index in [1.807, 2.05) is 0 Å². The topological polar surface area (TPSA) is 103 Å². The first-order chi connectivity index (χ1) is 14.0. The Morgan fingerprint density at radius 2 is 1.86 bits per heavy atom. The minimum atomic E-state index is -0.545. The molecule has 1 aromatic heterocycles. The molecule has 148 valence electrons. The number of nitrogens with zero attached hydrogens (tertiary/aromatic N) is 3. The molecule has 0 saturated heterocycles. The van der Waals surface area contributed by atoms with E-state index >= 15 is 0 Å². The van der Waals surface area contributed by atoms with Crippen molar-refractivity contribution in [1.82, 2.24) is 15.0 Å². The van der Waals surface area contributed by atoms with Crippen molar-refractivity contribution >= 4 is 29.3 Å². The average molecular weight is 411 g/mol. The minimum absolute atomic E-state index is 0.304. The van der Waals surface area contributed by atoms with Crippen molar-refractivity contribution in [2.24, 2.45) is 5.73 Å². The van der Waals surface area contributed by atoms with Crippen LogP contribution in [0.5, 0.6) is 0 Å². The standard InChI is InChI=1S/C20H18FN5O2S/c1-2-11-26-18(20(28)23-15-7-3-13(4-8-15)19(22)27)17(24-25-26)12-29-16-9-5-14(21)6-10-16/h2-10H,1,11-12H2,(H2,22,27)(H,23,28). The van der Waals surface area contributed by atoms with Crippen LogP contribution in [0.15, 0.2) is 66.1 Å². The second-order valence-corrected chi connectivity index (χ2v) is 7.04. The second-order valence-electron chi connectivity index (χ2n) is 5.99. The maximum atomic E-state index is 13.1. The molecule has 0 spiro atoms. The van der Waals surface area contributed by atoms with E-state index in [2.05, 4.69) is 22.2 Å². The van der Waals surface area contributed by atoms with E-state index in [1.54, 1.807) is 30.3 Å². The van der Waals surface area contributed by atoms with Crippen LogP contribution in [0, 0.1) is 5.82 Å². The predicted molar refractivity (Wildman–Crippen MR) is 109 cm³/mol. The van der Waals surface area contributed by atoms with Crippen LogP contribution in [0.2, 0.25) is 0 Å². The lowest BCUT2D eigenvalue weighted by molar-refractivity contribution is 0.0997. The summed E-state index contributed by atoms with van der Waals surface area (Å²) in [5.74, 6) is -0.866. The Labute approximate surface area is 170 Å². The highest BCUT2D eigenvalue weighted by molar-refractivity contribution is 7.98. The monoisotopic (exact) mass is 411 g/mol. The average Bonchev–Trinajstić information content (AvgIpc) is 3.11. The molecule has 0 saturated carbocycles. The molecule has 0 fully saturated rings. The number of hydrogen-bond donors (Lipinski definition) is 2. The summed E-state index contributed by atoms with van der Waals surface area (Å²) in [6.45, 7) is 3.99. The van der Waals surface area contributed by atoms with Gasteiger partial charge >= 0.3 is 0 Å². The third-order valence-electron chi connectivity index (χ3n) is 3.94. The third-order valence-corrected chi connectivity index (χ3v) is 4.96. The second kappa shape index (κ2) is 9.16. The maximum absolute atomic E-state index is 13.1. The number of rotatable bonds is 8. The van der Waals surface area contributed by atoms with Crippen LogP contribution in [0.4, 0.5) is 10.1 Å². The zero-order valence-corrected chi connectivity index (χ0v) is 16.2. The van der Waals surface area contributed by atoms with E-state index in [4.69, 9.17) is 5.73 Å². The van der Waals surface area contributed by atoms with Gasteiger partial charge in [0.1, 0.15) is 11.5 Å². The first kappa shape index (κ1) is 20.3. The Hall–Kier alpha value is -3.46. The number of nitrogens with two attached hydrogens (primary N) is 1. The van der Waals surface area contributed by atoms with E-state index < -0.39 is 11.8 Å². The lowest BCUT2D eigenvalue weighted by atomic mass is 10.2. The van der Waals surface area contributed by atoms with Crippen molar-refractivity contribution in [2.75, 3.05) is 5.32 Å². The van der Waals surface area contributed by atoms with Gasteiger partial charge in [0, 0.05) is 21.9 Å². The number of allylic oxidation sites excluding steroid dienone is 1. The SMILES string of the molecule is C=CCn1nnc(CSc2ccc(F)cc2)c1C(=O)Nc1ccc(C(N)=O)cc1. The van der Waals surface area contributed by atoms with Crippen LogP contribution in [-0.4, -0.2) is 26.8 Å². The van der Waals surface area contributed by atoms with E-state index in [-0.39, 0.29) is 5.82 Å². The number of carbonyl (C=O) groups is 2. The van der Waals surface area contributed by atoms with Crippen LogP contribution in [0.1, 0.15) is 26.5 Å². The van der Waals surface area contributed by atoms with Gasteiger partial charge in [0.15, 0.2) is 5.69 Å². The molecular formula is C20H18FN5O2S. The first-order valence-corrected chi connectivity index (χ1v) is 9.59. The van der Waals surface area contributed by atoms with Gasteiger partial charge in [-0.25, -0.2) is 9.07 Å². The number of aromatic nitrogens is 3. The summed E-state index contributed by atoms with van der Waals surface area (Å²) in [5, 5.41) is 10.9. The van der Waals surface area contributed by atoms with Gasteiger partial charge in [-0.1, -0.05) is 11.3 Å². The first-order valence-electron chi connectivity index (χ1n) is 8.60. The van der Waals surface area contributed by atoms with Crippen molar-refractivity contribution in [3.8, 4) is 0 Å². The largest absolute Gasteiger partial charge is 0.366 e. The number of halogens is 1. The molecule has 3 aromatic rings. The zero-order chi connectivity index (χ0) is 20.8. The Kier molecular flexibility index (Phi) is 6.40. The molecule has 0 unspecified atom stereocenters. The molecule has 9 heteroatoms. The Bertz CT molecular complexity index is 1030. The normalized spacial score (nSPS) is 10.5. The number of hydrogen-bond acceptors (Lipinski definition) is 5. The van der Waals surface area contributed by atoms with Crippen LogP contribution in [0.3, 0.4) is 0 Å². The zero-order valence-electron chi connectivity index (χ0n) is 15.3. The van der Waals surface area contributed by atoms with Crippen LogP contribution < -0.4 is 11.1 Å². The fourth-order valence-corrected chi connectivity index (χ4v) is 3.36. The van der Waals surface area contributed by atoms with E-state index in [0.29, 0.717) is 34.9 Å². The highest BCUT2D eigenvalue weighted by Gasteiger charge is 2.20. The fourth-order valence-electron chi connectivity index (χ4n) is 2.54. The molecule has 0 radical (unpaired) electrons. The minimum Gasteiger partial charge on any atom is -0.366 e. The number of primary amides is 1. The van der Waals surface area contributed by atoms with Gasteiger partial charge < -0.3 is 11.1 Å². The van der Waals surface area contributed by atoms with E-state index in [9.17, 15) is 14.0 Å². The highest BCUT2D eigenvalue weighted by atomic mass is 32.2. The maximum Gasteiger partial charge on any atom is 0.275 e. The Morgan fingerprint density at radius 1 is 1.17 bits per heavy atom. The molecule has 29 heavy (non-hydrogen) atoms. The molecule has 0 aliphatic rings. The van der Waals surface area contributed by atoms with Gasteiger partial charge in [-0.2, -0.15) is 0 Å². The van der Waals surface area contributed by atoms with Gasteiger partial charge in [0.25, 0.3) is 5.91 Å². The van der Waals surface area contributed by atoms with Crippen LogP contribution in [0.25, 0.3) is 0 Å². The number of anilines is 1. The predicted octanol–water partition coefficient (Wildman–Crippen LogP) is 3.25. The molecule has 2 aromatic carbocycles.